The highest BCUT2D eigenvalue weighted by atomic mass is 15.1. The van der Waals surface area contributed by atoms with E-state index < -0.39 is 0 Å². The Kier molecular flexibility index (Phi) is 3.47. The molecule has 0 atom stereocenters. The molecule has 1 aromatic heterocycles. The van der Waals surface area contributed by atoms with Gasteiger partial charge in [-0.15, -0.1) is 0 Å². The molecular weight excluding hydrogens is 210 g/mol. The monoisotopic (exact) mass is 229 g/mol. The quantitative estimate of drug-likeness (QED) is 0.819. The second-order valence-electron chi connectivity index (χ2n) is 4.15. The van der Waals surface area contributed by atoms with Crippen molar-refractivity contribution < 1.29 is 0 Å². The fourth-order valence-corrected chi connectivity index (χ4v) is 2.17. The highest BCUT2D eigenvalue weighted by molar-refractivity contribution is 5.98. The van der Waals surface area contributed by atoms with Crippen LogP contribution < -0.4 is 10.6 Å². The summed E-state index contributed by atoms with van der Waals surface area (Å²) < 4.78 is 0. The molecule has 2 rings (SSSR count). The molecule has 0 aliphatic rings. The molecule has 0 bridgehead atoms. The third-order valence-electron chi connectivity index (χ3n) is 2.99. The van der Waals surface area contributed by atoms with Crippen molar-refractivity contribution in [2.24, 2.45) is 0 Å². The van der Waals surface area contributed by atoms with Crippen molar-refractivity contribution in [1.29, 1.82) is 0 Å². The number of nitrogen functional groups attached to an aromatic ring is 1. The maximum atomic E-state index is 5.96. The van der Waals surface area contributed by atoms with E-state index in [-0.39, 0.29) is 0 Å². The molecular formula is C14H19N3. The smallest absolute Gasteiger partial charge is 0.0951 e. The second-order valence-corrected chi connectivity index (χ2v) is 4.15. The van der Waals surface area contributed by atoms with Gasteiger partial charge in [0.05, 0.1) is 11.2 Å². The Morgan fingerprint density at radius 1 is 1.24 bits per heavy atom. The Hall–Kier alpha value is -1.77. The normalized spacial score (nSPS) is 10.7. The fourth-order valence-electron chi connectivity index (χ4n) is 2.17. The van der Waals surface area contributed by atoms with Gasteiger partial charge in [-0.05, 0) is 37.6 Å². The van der Waals surface area contributed by atoms with E-state index >= 15 is 0 Å². The van der Waals surface area contributed by atoms with E-state index in [1.54, 1.807) is 6.20 Å². The lowest BCUT2D eigenvalue weighted by atomic mass is 10.1. The van der Waals surface area contributed by atoms with Crippen LogP contribution >= 0.6 is 0 Å². The lowest BCUT2D eigenvalue weighted by molar-refractivity contribution is 0.795. The van der Waals surface area contributed by atoms with Gasteiger partial charge in [0.25, 0.3) is 0 Å². The van der Waals surface area contributed by atoms with Crippen molar-refractivity contribution in [3.05, 3.63) is 30.5 Å². The maximum absolute atomic E-state index is 5.96. The predicted octanol–water partition coefficient (Wildman–Crippen LogP) is 3.05. The van der Waals surface area contributed by atoms with Crippen LogP contribution in [0.1, 0.15) is 20.3 Å². The molecule has 90 valence electrons. The molecule has 0 unspecified atom stereocenters. The third kappa shape index (κ3) is 2.18. The number of aromatic nitrogens is 1. The number of fused-ring (bicyclic) bond motifs is 1. The van der Waals surface area contributed by atoms with Crippen molar-refractivity contribution in [3.8, 4) is 0 Å². The van der Waals surface area contributed by atoms with Gasteiger partial charge in [0, 0.05) is 30.4 Å². The van der Waals surface area contributed by atoms with E-state index in [9.17, 15) is 0 Å². The summed E-state index contributed by atoms with van der Waals surface area (Å²) in [4.78, 5) is 6.73. The zero-order valence-electron chi connectivity index (χ0n) is 10.5. The number of hydrogen-bond donors (Lipinski definition) is 1. The number of anilines is 2. The summed E-state index contributed by atoms with van der Waals surface area (Å²) in [7, 11) is 0. The Labute approximate surface area is 102 Å². The van der Waals surface area contributed by atoms with Gasteiger partial charge in [-0.2, -0.15) is 0 Å². The summed E-state index contributed by atoms with van der Waals surface area (Å²) in [6.07, 6.45) is 2.93. The van der Waals surface area contributed by atoms with Gasteiger partial charge in [-0.25, -0.2) is 0 Å². The Balaban J connectivity index is 2.57. The summed E-state index contributed by atoms with van der Waals surface area (Å²) in [6.45, 7) is 6.43. The fraction of sp³-hybridized carbons (Fsp3) is 0.357. The molecule has 0 saturated carbocycles. The molecule has 0 aliphatic carbocycles. The lowest BCUT2D eigenvalue weighted by Crippen LogP contribution is -2.23. The zero-order valence-corrected chi connectivity index (χ0v) is 10.5. The number of benzene rings is 1. The van der Waals surface area contributed by atoms with Crippen LogP contribution in [0.15, 0.2) is 30.5 Å². The molecule has 0 amide bonds. The predicted molar refractivity (Wildman–Crippen MR) is 74.3 cm³/mol. The molecule has 3 nitrogen and oxygen atoms in total. The number of hydrogen-bond acceptors (Lipinski definition) is 3. The minimum atomic E-state index is 0.747. The van der Waals surface area contributed by atoms with Gasteiger partial charge in [0.2, 0.25) is 0 Å². The van der Waals surface area contributed by atoms with Crippen LogP contribution in [-0.2, 0) is 0 Å². The maximum Gasteiger partial charge on any atom is 0.0951 e. The Bertz CT molecular complexity index is 508. The van der Waals surface area contributed by atoms with Crippen LogP contribution in [-0.4, -0.2) is 18.1 Å². The van der Waals surface area contributed by atoms with Crippen molar-refractivity contribution in [2.45, 2.75) is 20.3 Å². The molecule has 1 aromatic carbocycles. The van der Waals surface area contributed by atoms with Crippen molar-refractivity contribution in [2.75, 3.05) is 23.7 Å². The second kappa shape index (κ2) is 5.04. The SMILES string of the molecule is CCCN(CC)c1ccc(N)c2ncccc12. The molecule has 3 heteroatoms. The van der Waals surface area contributed by atoms with Gasteiger partial charge in [0.15, 0.2) is 0 Å². The number of rotatable bonds is 4. The van der Waals surface area contributed by atoms with Crippen LogP contribution in [0, 0.1) is 0 Å². The molecule has 1 heterocycles. The van der Waals surface area contributed by atoms with Gasteiger partial charge in [-0.1, -0.05) is 6.92 Å². The minimum Gasteiger partial charge on any atom is -0.397 e. The highest BCUT2D eigenvalue weighted by Crippen LogP contribution is 2.29. The largest absolute Gasteiger partial charge is 0.397 e. The number of pyridine rings is 1. The van der Waals surface area contributed by atoms with Crippen LogP contribution in [0.25, 0.3) is 10.9 Å². The van der Waals surface area contributed by atoms with E-state index in [0.29, 0.717) is 0 Å². The van der Waals surface area contributed by atoms with Crippen molar-refractivity contribution >= 4 is 22.3 Å². The van der Waals surface area contributed by atoms with Crippen LogP contribution in [0.3, 0.4) is 0 Å². The number of nitrogens with zero attached hydrogens (tertiary/aromatic N) is 2. The first-order valence-electron chi connectivity index (χ1n) is 6.16. The average molecular weight is 229 g/mol. The molecule has 17 heavy (non-hydrogen) atoms. The highest BCUT2D eigenvalue weighted by Gasteiger charge is 2.09. The first kappa shape index (κ1) is 11.7. The molecule has 0 aliphatic heterocycles. The average Bonchev–Trinajstić information content (AvgIpc) is 2.37. The minimum absolute atomic E-state index is 0.747. The van der Waals surface area contributed by atoms with E-state index in [1.807, 2.05) is 12.1 Å². The summed E-state index contributed by atoms with van der Waals surface area (Å²) in [5.41, 5.74) is 8.84. The first-order valence-corrected chi connectivity index (χ1v) is 6.16. The number of nitrogens with two attached hydrogens (primary N) is 1. The van der Waals surface area contributed by atoms with Crippen LogP contribution in [0.4, 0.5) is 11.4 Å². The van der Waals surface area contributed by atoms with Crippen molar-refractivity contribution in [3.63, 3.8) is 0 Å². The molecule has 0 radical (unpaired) electrons. The first-order chi connectivity index (χ1) is 8.27. The van der Waals surface area contributed by atoms with Gasteiger partial charge in [0.1, 0.15) is 0 Å². The van der Waals surface area contributed by atoms with E-state index in [1.165, 1.54) is 5.69 Å². The molecule has 2 N–H and O–H groups in total. The molecule has 0 fully saturated rings. The summed E-state index contributed by atoms with van der Waals surface area (Å²) in [5, 5.41) is 1.14. The third-order valence-corrected chi connectivity index (χ3v) is 2.99. The Morgan fingerprint density at radius 2 is 2.06 bits per heavy atom. The van der Waals surface area contributed by atoms with Crippen LogP contribution in [0.2, 0.25) is 0 Å². The summed E-state index contributed by atoms with van der Waals surface area (Å²) >= 11 is 0. The topological polar surface area (TPSA) is 42.1 Å². The summed E-state index contributed by atoms with van der Waals surface area (Å²) in [6, 6.07) is 8.10. The van der Waals surface area contributed by atoms with E-state index in [2.05, 4.69) is 35.9 Å². The zero-order chi connectivity index (χ0) is 12.3. The molecule has 2 aromatic rings. The van der Waals surface area contributed by atoms with E-state index in [4.69, 9.17) is 5.73 Å². The van der Waals surface area contributed by atoms with Gasteiger partial charge >= 0.3 is 0 Å². The van der Waals surface area contributed by atoms with Crippen molar-refractivity contribution in [1.82, 2.24) is 4.98 Å². The standard InChI is InChI=1S/C14H19N3/c1-3-10-17(4-2)13-8-7-12(15)14-11(13)6-5-9-16-14/h5-9H,3-4,10,15H2,1-2H3. The lowest BCUT2D eigenvalue weighted by Gasteiger charge is -2.24. The van der Waals surface area contributed by atoms with Gasteiger partial charge < -0.3 is 10.6 Å². The summed E-state index contributed by atoms with van der Waals surface area (Å²) in [5.74, 6) is 0. The van der Waals surface area contributed by atoms with E-state index in [0.717, 1.165) is 36.1 Å². The van der Waals surface area contributed by atoms with Gasteiger partial charge in [-0.3, -0.25) is 4.98 Å². The Morgan fingerprint density at radius 3 is 2.76 bits per heavy atom. The molecule has 0 saturated heterocycles. The van der Waals surface area contributed by atoms with Crippen LogP contribution in [0.5, 0.6) is 0 Å². The molecule has 0 spiro atoms.